The molecule has 0 spiro atoms. The molecule has 0 aliphatic rings. The van der Waals surface area contributed by atoms with Crippen molar-refractivity contribution in [2.45, 2.75) is 19.4 Å². The first kappa shape index (κ1) is 11.1. The van der Waals surface area contributed by atoms with Crippen LogP contribution in [0.2, 0.25) is 0 Å². The predicted molar refractivity (Wildman–Crippen MR) is 60.9 cm³/mol. The average molecular weight is 229 g/mol. The summed E-state index contributed by atoms with van der Waals surface area (Å²) in [6.07, 6.45) is 0.114. The molecule has 0 aliphatic carbocycles. The molecule has 5 heteroatoms. The zero-order valence-electron chi connectivity index (χ0n) is 9.30. The van der Waals surface area contributed by atoms with Crippen LogP contribution in [0.1, 0.15) is 12.6 Å². The van der Waals surface area contributed by atoms with E-state index in [0.29, 0.717) is 11.3 Å². The Morgan fingerprint density at radius 1 is 1.59 bits per heavy atom. The van der Waals surface area contributed by atoms with Gasteiger partial charge < -0.3 is 9.84 Å². The summed E-state index contributed by atoms with van der Waals surface area (Å²) in [6, 6.07) is 8.78. The molecule has 0 bridgehead atoms. The second kappa shape index (κ2) is 4.66. The van der Waals surface area contributed by atoms with Crippen LogP contribution in [-0.4, -0.2) is 17.1 Å². The molecule has 86 valence electrons. The van der Waals surface area contributed by atoms with Gasteiger partial charge in [0.15, 0.2) is 5.58 Å². The average Bonchev–Trinajstić information content (AvgIpc) is 2.72. The van der Waals surface area contributed by atoms with Crippen LogP contribution in [0.5, 0.6) is 0 Å². The minimum atomic E-state index is -0.499. The van der Waals surface area contributed by atoms with Gasteiger partial charge in [-0.3, -0.25) is 4.79 Å². The van der Waals surface area contributed by atoms with Crippen LogP contribution in [0.3, 0.4) is 0 Å². The first-order valence-electron chi connectivity index (χ1n) is 5.23. The lowest BCUT2D eigenvalue weighted by Gasteiger charge is -2.04. The van der Waals surface area contributed by atoms with Crippen LogP contribution < -0.4 is 5.32 Å². The third-order valence-corrected chi connectivity index (χ3v) is 2.35. The number of rotatable bonds is 3. The summed E-state index contributed by atoms with van der Waals surface area (Å²) in [5, 5.41) is 15.8. The van der Waals surface area contributed by atoms with E-state index >= 15 is 0 Å². The lowest BCUT2D eigenvalue weighted by atomic mass is 10.1. The molecular formula is C12H11N3O2. The highest BCUT2D eigenvalue weighted by Gasteiger charge is 2.13. The third-order valence-electron chi connectivity index (χ3n) is 2.35. The van der Waals surface area contributed by atoms with E-state index in [4.69, 9.17) is 9.78 Å². The molecule has 0 aliphatic heterocycles. The fourth-order valence-corrected chi connectivity index (χ4v) is 1.54. The number of nitriles is 1. The number of nitrogens with one attached hydrogen (secondary N) is 1. The molecule has 2 rings (SSSR count). The van der Waals surface area contributed by atoms with Gasteiger partial charge in [-0.15, -0.1) is 0 Å². The molecule has 0 fully saturated rings. The summed E-state index contributed by atoms with van der Waals surface area (Å²) in [7, 11) is 0. The molecule has 1 aromatic heterocycles. The SMILES string of the molecule is CC(C#N)NC(=O)Cc1noc2ccccc12. The van der Waals surface area contributed by atoms with Crippen LogP contribution in [0.4, 0.5) is 0 Å². The molecule has 1 amide bonds. The third kappa shape index (κ3) is 2.42. The van der Waals surface area contributed by atoms with E-state index in [1.807, 2.05) is 24.3 Å². The van der Waals surface area contributed by atoms with Gasteiger partial charge in [0.05, 0.1) is 12.5 Å². The van der Waals surface area contributed by atoms with Crippen LogP contribution in [0.25, 0.3) is 11.0 Å². The minimum absolute atomic E-state index is 0.114. The molecule has 1 aromatic carbocycles. The van der Waals surface area contributed by atoms with Crippen LogP contribution in [-0.2, 0) is 11.2 Å². The van der Waals surface area contributed by atoms with Crippen LogP contribution >= 0.6 is 0 Å². The van der Waals surface area contributed by atoms with Crippen molar-refractivity contribution in [1.82, 2.24) is 10.5 Å². The van der Waals surface area contributed by atoms with Crippen LogP contribution in [0, 0.1) is 11.3 Å². The topological polar surface area (TPSA) is 78.9 Å². The first-order valence-corrected chi connectivity index (χ1v) is 5.23. The molecule has 2 aromatic rings. The van der Waals surface area contributed by atoms with E-state index in [2.05, 4.69) is 10.5 Å². The second-order valence-corrected chi connectivity index (χ2v) is 3.72. The highest BCUT2D eigenvalue weighted by molar-refractivity contribution is 5.86. The summed E-state index contributed by atoms with van der Waals surface area (Å²) in [4.78, 5) is 11.6. The van der Waals surface area contributed by atoms with Crippen molar-refractivity contribution in [1.29, 1.82) is 5.26 Å². The maximum atomic E-state index is 11.6. The minimum Gasteiger partial charge on any atom is -0.356 e. The second-order valence-electron chi connectivity index (χ2n) is 3.72. The Kier molecular flexibility index (Phi) is 3.06. The molecule has 0 saturated heterocycles. The zero-order chi connectivity index (χ0) is 12.3. The molecule has 5 nitrogen and oxygen atoms in total. The summed E-state index contributed by atoms with van der Waals surface area (Å²) in [6.45, 7) is 1.62. The number of carbonyl (C=O) groups excluding carboxylic acids is 1. The van der Waals surface area contributed by atoms with Crippen molar-refractivity contribution < 1.29 is 9.32 Å². The van der Waals surface area contributed by atoms with E-state index in [-0.39, 0.29) is 12.3 Å². The molecule has 0 saturated carbocycles. The summed E-state index contributed by atoms with van der Waals surface area (Å²) >= 11 is 0. The summed E-state index contributed by atoms with van der Waals surface area (Å²) in [5.74, 6) is -0.238. The lowest BCUT2D eigenvalue weighted by Crippen LogP contribution is -2.32. The van der Waals surface area contributed by atoms with Gasteiger partial charge in [-0.05, 0) is 19.1 Å². The maximum Gasteiger partial charge on any atom is 0.227 e. The number of benzene rings is 1. The number of fused-ring (bicyclic) bond motifs is 1. The van der Waals surface area contributed by atoms with Gasteiger partial charge in [0.1, 0.15) is 11.7 Å². The number of amides is 1. The van der Waals surface area contributed by atoms with E-state index in [0.717, 1.165) is 5.39 Å². The molecule has 0 radical (unpaired) electrons. The number of hydrogen-bond acceptors (Lipinski definition) is 4. The van der Waals surface area contributed by atoms with E-state index in [9.17, 15) is 4.79 Å². The first-order chi connectivity index (χ1) is 8.20. The molecule has 1 heterocycles. The summed E-state index contributed by atoms with van der Waals surface area (Å²) < 4.78 is 5.09. The maximum absolute atomic E-state index is 11.6. The fraction of sp³-hybridized carbons (Fsp3) is 0.250. The van der Waals surface area contributed by atoms with Gasteiger partial charge in [-0.2, -0.15) is 5.26 Å². The van der Waals surface area contributed by atoms with Crippen molar-refractivity contribution in [2.75, 3.05) is 0 Å². The standard InChI is InChI=1S/C12H11N3O2/c1-8(7-13)14-12(16)6-10-9-4-2-3-5-11(9)17-15-10/h2-5,8H,6H2,1H3,(H,14,16). The smallest absolute Gasteiger partial charge is 0.227 e. The molecule has 1 N–H and O–H groups in total. The number of aromatic nitrogens is 1. The molecule has 1 atom stereocenters. The highest BCUT2D eigenvalue weighted by Crippen LogP contribution is 2.17. The van der Waals surface area contributed by atoms with Gasteiger partial charge in [0.2, 0.25) is 5.91 Å². The van der Waals surface area contributed by atoms with Crippen molar-refractivity contribution >= 4 is 16.9 Å². The monoisotopic (exact) mass is 229 g/mol. The highest BCUT2D eigenvalue weighted by atomic mass is 16.5. The van der Waals surface area contributed by atoms with Crippen molar-refractivity contribution in [3.63, 3.8) is 0 Å². The summed E-state index contributed by atoms with van der Waals surface area (Å²) in [5.41, 5.74) is 1.24. The fourth-order valence-electron chi connectivity index (χ4n) is 1.54. The Hall–Kier alpha value is -2.35. The Balaban J connectivity index is 2.14. The van der Waals surface area contributed by atoms with E-state index in [1.54, 1.807) is 13.0 Å². The van der Waals surface area contributed by atoms with Gasteiger partial charge >= 0.3 is 0 Å². The van der Waals surface area contributed by atoms with Crippen molar-refractivity contribution in [2.24, 2.45) is 0 Å². The molecule has 17 heavy (non-hydrogen) atoms. The van der Waals surface area contributed by atoms with Gasteiger partial charge in [-0.1, -0.05) is 17.3 Å². The largest absolute Gasteiger partial charge is 0.356 e. The van der Waals surface area contributed by atoms with Gasteiger partial charge in [0.25, 0.3) is 0 Å². The number of hydrogen-bond donors (Lipinski definition) is 1. The lowest BCUT2D eigenvalue weighted by molar-refractivity contribution is -0.120. The van der Waals surface area contributed by atoms with Crippen LogP contribution in [0.15, 0.2) is 28.8 Å². The normalized spacial score (nSPS) is 12.0. The number of nitrogens with zero attached hydrogens (tertiary/aromatic N) is 2. The Morgan fingerprint density at radius 2 is 2.35 bits per heavy atom. The van der Waals surface area contributed by atoms with E-state index in [1.165, 1.54) is 0 Å². The molecular weight excluding hydrogens is 218 g/mol. The van der Waals surface area contributed by atoms with Crippen molar-refractivity contribution in [3.8, 4) is 6.07 Å². The quantitative estimate of drug-likeness (QED) is 0.862. The van der Waals surface area contributed by atoms with Gasteiger partial charge in [-0.25, -0.2) is 0 Å². The van der Waals surface area contributed by atoms with E-state index < -0.39 is 6.04 Å². The van der Waals surface area contributed by atoms with Crippen molar-refractivity contribution in [3.05, 3.63) is 30.0 Å². The number of carbonyl (C=O) groups is 1. The number of para-hydroxylation sites is 1. The Bertz CT molecular complexity index is 583. The molecule has 1 unspecified atom stereocenters. The predicted octanol–water partition coefficient (Wildman–Crippen LogP) is 1.40. The zero-order valence-corrected chi connectivity index (χ0v) is 9.30. The Labute approximate surface area is 98.0 Å². The van der Waals surface area contributed by atoms with Gasteiger partial charge in [0, 0.05) is 5.39 Å². The Morgan fingerprint density at radius 3 is 3.12 bits per heavy atom.